The summed E-state index contributed by atoms with van der Waals surface area (Å²) in [5.74, 6) is -1.33. The highest BCUT2D eigenvalue weighted by atomic mass is 16.4. The van der Waals surface area contributed by atoms with Crippen LogP contribution in [0.1, 0.15) is 18.5 Å². The Morgan fingerprint density at radius 2 is 1.93 bits per heavy atom. The molecule has 1 aromatic rings. The highest BCUT2D eigenvalue weighted by Crippen LogP contribution is 2.23. The molecule has 0 radical (unpaired) electrons. The summed E-state index contributed by atoms with van der Waals surface area (Å²) in [5, 5.41) is 18.3. The first-order valence-electron chi connectivity index (χ1n) is 4.22. The van der Waals surface area contributed by atoms with Crippen molar-refractivity contribution in [3.8, 4) is 0 Å². The summed E-state index contributed by atoms with van der Waals surface area (Å²) in [5.41, 5.74) is 4.30. The Hall–Kier alpha value is -1.39. The SMILES string of the molecule is CC(O)(C(=O)O)C(N)c1ccccc1. The summed E-state index contributed by atoms with van der Waals surface area (Å²) in [6.45, 7) is 1.19. The van der Waals surface area contributed by atoms with Crippen molar-refractivity contribution < 1.29 is 15.0 Å². The van der Waals surface area contributed by atoms with Gasteiger partial charge in [0.05, 0.1) is 6.04 Å². The highest BCUT2D eigenvalue weighted by Gasteiger charge is 2.37. The van der Waals surface area contributed by atoms with Crippen LogP contribution in [-0.2, 0) is 4.79 Å². The topological polar surface area (TPSA) is 83.5 Å². The molecular weight excluding hydrogens is 182 g/mol. The lowest BCUT2D eigenvalue weighted by Gasteiger charge is -2.25. The maximum absolute atomic E-state index is 10.7. The van der Waals surface area contributed by atoms with E-state index in [1.165, 1.54) is 6.92 Å². The second kappa shape index (κ2) is 3.77. The van der Waals surface area contributed by atoms with E-state index >= 15 is 0 Å². The fourth-order valence-electron chi connectivity index (χ4n) is 1.12. The normalized spacial score (nSPS) is 17.1. The molecule has 0 spiro atoms. The zero-order valence-corrected chi connectivity index (χ0v) is 7.84. The highest BCUT2D eigenvalue weighted by molar-refractivity contribution is 5.78. The van der Waals surface area contributed by atoms with Crippen LogP contribution in [0, 0.1) is 0 Å². The van der Waals surface area contributed by atoms with Gasteiger partial charge in [-0.3, -0.25) is 0 Å². The lowest BCUT2D eigenvalue weighted by atomic mass is 9.91. The van der Waals surface area contributed by atoms with Crippen LogP contribution in [-0.4, -0.2) is 21.8 Å². The smallest absolute Gasteiger partial charge is 0.337 e. The molecule has 0 saturated heterocycles. The number of hydrogen-bond donors (Lipinski definition) is 3. The first-order chi connectivity index (χ1) is 6.46. The minimum absolute atomic E-state index is 0.597. The van der Waals surface area contributed by atoms with Gasteiger partial charge in [-0.2, -0.15) is 0 Å². The summed E-state index contributed by atoms with van der Waals surface area (Å²) >= 11 is 0. The molecule has 0 aliphatic rings. The molecular formula is C10H13NO3. The van der Waals surface area contributed by atoms with E-state index in [2.05, 4.69) is 0 Å². The molecule has 0 fully saturated rings. The predicted molar refractivity (Wildman–Crippen MR) is 51.6 cm³/mol. The molecule has 4 N–H and O–H groups in total. The molecule has 0 saturated carbocycles. The van der Waals surface area contributed by atoms with E-state index in [0.717, 1.165) is 0 Å². The third-order valence-corrected chi connectivity index (χ3v) is 2.20. The summed E-state index contributed by atoms with van der Waals surface area (Å²) < 4.78 is 0. The molecule has 0 aromatic heterocycles. The molecule has 0 aliphatic carbocycles. The molecule has 0 aliphatic heterocycles. The Balaban J connectivity index is 2.96. The van der Waals surface area contributed by atoms with Crippen LogP contribution in [0.25, 0.3) is 0 Å². The van der Waals surface area contributed by atoms with Gasteiger partial charge in [-0.25, -0.2) is 4.79 Å². The zero-order chi connectivity index (χ0) is 10.8. The molecule has 14 heavy (non-hydrogen) atoms. The molecule has 1 rings (SSSR count). The van der Waals surface area contributed by atoms with Crippen molar-refractivity contribution in [2.24, 2.45) is 5.73 Å². The second-order valence-electron chi connectivity index (χ2n) is 3.34. The van der Waals surface area contributed by atoms with Gasteiger partial charge >= 0.3 is 5.97 Å². The number of benzene rings is 1. The van der Waals surface area contributed by atoms with Crippen LogP contribution in [0.2, 0.25) is 0 Å². The zero-order valence-electron chi connectivity index (χ0n) is 7.84. The average molecular weight is 195 g/mol. The van der Waals surface area contributed by atoms with Gasteiger partial charge < -0.3 is 15.9 Å². The standard InChI is InChI=1S/C10H13NO3/c1-10(14,9(12)13)8(11)7-5-3-2-4-6-7/h2-6,8,14H,11H2,1H3,(H,12,13). The number of carboxylic acid groups (broad SMARTS) is 1. The number of nitrogens with two attached hydrogens (primary N) is 1. The van der Waals surface area contributed by atoms with E-state index in [-0.39, 0.29) is 0 Å². The number of carboxylic acids is 1. The number of aliphatic carboxylic acids is 1. The lowest BCUT2D eigenvalue weighted by molar-refractivity contribution is -0.158. The van der Waals surface area contributed by atoms with Crippen LogP contribution >= 0.6 is 0 Å². The van der Waals surface area contributed by atoms with E-state index in [4.69, 9.17) is 10.8 Å². The third kappa shape index (κ3) is 1.92. The Labute approximate surface area is 82.0 Å². The van der Waals surface area contributed by atoms with Gasteiger partial charge in [-0.1, -0.05) is 30.3 Å². The van der Waals surface area contributed by atoms with Crippen molar-refractivity contribution in [2.45, 2.75) is 18.6 Å². The van der Waals surface area contributed by atoms with Crippen molar-refractivity contribution in [3.63, 3.8) is 0 Å². The maximum atomic E-state index is 10.7. The first-order valence-corrected chi connectivity index (χ1v) is 4.22. The van der Waals surface area contributed by atoms with E-state index in [1.807, 2.05) is 0 Å². The number of aliphatic hydroxyl groups is 1. The van der Waals surface area contributed by atoms with Crippen LogP contribution < -0.4 is 5.73 Å². The maximum Gasteiger partial charge on any atom is 0.337 e. The Bertz CT molecular complexity index is 321. The van der Waals surface area contributed by atoms with E-state index in [9.17, 15) is 9.90 Å². The predicted octanol–water partition coefficient (Wildman–Crippen LogP) is 0.522. The van der Waals surface area contributed by atoms with Crippen molar-refractivity contribution in [1.82, 2.24) is 0 Å². The van der Waals surface area contributed by atoms with Gasteiger partial charge in [0.25, 0.3) is 0 Å². The number of hydrogen-bond acceptors (Lipinski definition) is 3. The van der Waals surface area contributed by atoms with Gasteiger partial charge in [0.1, 0.15) is 0 Å². The summed E-state index contributed by atoms with van der Waals surface area (Å²) in [6.07, 6.45) is 0. The van der Waals surface area contributed by atoms with Gasteiger partial charge in [-0.15, -0.1) is 0 Å². The van der Waals surface area contributed by atoms with Gasteiger partial charge in [0, 0.05) is 0 Å². The molecule has 0 bridgehead atoms. The molecule has 2 unspecified atom stereocenters. The quantitative estimate of drug-likeness (QED) is 0.656. The van der Waals surface area contributed by atoms with Crippen molar-refractivity contribution >= 4 is 5.97 Å². The molecule has 1 aromatic carbocycles. The van der Waals surface area contributed by atoms with Gasteiger partial charge in [-0.05, 0) is 12.5 Å². The van der Waals surface area contributed by atoms with E-state index in [0.29, 0.717) is 5.56 Å². The molecule has 76 valence electrons. The lowest BCUT2D eigenvalue weighted by Crippen LogP contribution is -2.45. The second-order valence-corrected chi connectivity index (χ2v) is 3.34. The van der Waals surface area contributed by atoms with Crippen molar-refractivity contribution in [2.75, 3.05) is 0 Å². The number of carbonyl (C=O) groups is 1. The van der Waals surface area contributed by atoms with Crippen LogP contribution in [0.4, 0.5) is 0 Å². The van der Waals surface area contributed by atoms with Crippen LogP contribution in [0.5, 0.6) is 0 Å². The molecule has 4 heteroatoms. The largest absolute Gasteiger partial charge is 0.479 e. The monoisotopic (exact) mass is 195 g/mol. The Kier molecular flexibility index (Phi) is 2.88. The summed E-state index contributed by atoms with van der Waals surface area (Å²) in [7, 11) is 0. The van der Waals surface area contributed by atoms with E-state index < -0.39 is 17.6 Å². The minimum atomic E-state index is -1.94. The molecule has 0 heterocycles. The van der Waals surface area contributed by atoms with Crippen LogP contribution in [0.3, 0.4) is 0 Å². The third-order valence-electron chi connectivity index (χ3n) is 2.20. The first kappa shape index (κ1) is 10.7. The number of rotatable bonds is 3. The Morgan fingerprint density at radius 3 is 2.36 bits per heavy atom. The Morgan fingerprint density at radius 1 is 1.43 bits per heavy atom. The van der Waals surface area contributed by atoms with E-state index in [1.54, 1.807) is 30.3 Å². The fraction of sp³-hybridized carbons (Fsp3) is 0.300. The average Bonchev–Trinajstić information content (AvgIpc) is 2.17. The minimum Gasteiger partial charge on any atom is -0.479 e. The summed E-state index contributed by atoms with van der Waals surface area (Å²) in [4.78, 5) is 10.7. The van der Waals surface area contributed by atoms with Gasteiger partial charge in [0.2, 0.25) is 0 Å². The van der Waals surface area contributed by atoms with Crippen LogP contribution in [0.15, 0.2) is 30.3 Å². The molecule has 0 amide bonds. The summed E-state index contributed by atoms with van der Waals surface area (Å²) in [6, 6.07) is 7.72. The molecule has 2 atom stereocenters. The van der Waals surface area contributed by atoms with Gasteiger partial charge in [0.15, 0.2) is 5.60 Å². The van der Waals surface area contributed by atoms with Crippen molar-refractivity contribution in [1.29, 1.82) is 0 Å². The molecule has 4 nitrogen and oxygen atoms in total. The van der Waals surface area contributed by atoms with Crippen molar-refractivity contribution in [3.05, 3.63) is 35.9 Å². The fourth-order valence-corrected chi connectivity index (χ4v) is 1.12.